The summed E-state index contributed by atoms with van der Waals surface area (Å²) in [6.45, 7) is 0. The smallest absolute Gasteiger partial charge is 1.00 e. The van der Waals surface area contributed by atoms with E-state index in [0.29, 0.717) is 0 Å². The third-order valence-electron chi connectivity index (χ3n) is 2.85. The molecule has 0 bridgehead atoms. The normalized spacial score (nSPS) is 10.2. The summed E-state index contributed by atoms with van der Waals surface area (Å²) in [6, 6.07) is 15.5. The first-order chi connectivity index (χ1) is 6.86. The fraction of sp³-hybridized carbons (Fsp3) is 0.0769. The molecule has 1 aliphatic rings. The molecule has 0 unspecified atom stereocenters. The van der Waals surface area contributed by atoms with Crippen molar-refractivity contribution in [2.24, 2.45) is 0 Å². The first kappa shape index (κ1) is 18.5. The number of rotatable bonds is 0. The second-order valence-corrected chi connectivity index (χ2v) is 5.60. The van der Waals surface area contributed by atoms with Crippen molar-refractivity contribution in [3.63, 3.8) is 0 Å². The van der Waals surface area contributed by atoms with E-state index in [1.165, 1.54) is 16.7 Å². The van der Waals surface area contributed by atoms with Gasteiger partial charge in [-0.3, -0.25) is 0 Å². The number of fused-ring (bicyclic) bond motifs is 3. The van der Waals surface area contributed by atoms with Crippen LogP contribution in [0, 0.1) is 0 Å². The molecule has 4 heteroatoms. The molecule has 0 spiro atoms. The van der Waals surface area contributed by atoms with Crippen molar-refractivity contribution in [1.82, 2.24) is 0 Å². The van der Waals surface area contributed by atoms with E-state index in [9.17, 15) is 0 Å². The van der Waals surface area contributed by atoms with Crippen molar-refractivity contribution in [1.29, 1.82) is 0 Å². The average Bonchev–Trinajstić information content (AvgIpc) is 2.59. The molecule has 0 aromatic heterocycles. The summed E-state index contributed by atoms with van der Waals surface area (Å²) in [4.78, 5) is 0. The van der Waals surface area contributed by atoms with Crippen molar-refractivity contribution in [2.45, 2.75) is 6.42 Å². The second kappa shape index (κ2) is 7.94. The van der Waals surface area contributed by atoms with Crippen LogP contribution >= 0.6 is 0 Å². The van der Waals surface area contributed by atoms with Crippen molar-refractivity contribution in [3.8, 4) is 11.1 Å². The van der Waals surface area contributed by atoms with Gasteiger partial charge in [-0.15, -0.1) is 0 Å². The Labute approximate surface area is 168 Å². The standard InChI is InChI=1S/C13H9.Hf.3HI/c1-3-7-12-10(5-1)9-11-6-2-4-8-13(11)12;;;;/h1-5,7-8H,9H2;;3*1H/q;+3;;;/p-3. The van der Waals surface area contributed by atoms with E-state index in [1.807, 2.05) is 0 Å². The third-order valence-corrected chi connectivity index (χ3v) is 4.53. The van der Waals surface area contributed by atoms with Gasteiger partial charge in [0.2, 0.25) is 0 Å². The van der Waals surface area contributed by atoms with E-state index >= 15 is 0 Å². The van der Waals surface area contributed by atoms with Crippen LogP contribution in [-0.2, 0) is 30.8 Å². The molecule has 2 aromatic carbocycles. The Morgan fingerprint density at radius 1 is 0.765 bits per heavy atom. The Kier molecular flexibility index (Phi) is 8.64. The molecule has 0 saturated carbocycles. The van der Waals surface area contributed by atoms with Gasteiger partial charge in [0.15, 0.2) is 0 Å². The van der Waals surface area contributed by atoms with Gasteiger partial charge in [0.1, 0.15) is 0 Å². The van der Waals surface area contributed by atoms with E-state index < -0.39 is 0 Å². The summed E-state index contributed by atoms with van der Waals surface area (Å²) in [5, 5.41) is 0. The molecule has 86 valence electrons. The maximum atomic E-state index is 2.26. The first-order valence-corrected chi connectivity index (χ1v) is 6.57. The predicted molar refractivity (Wildman–Crippen MR) is 54.3 cm³/mol. The summed E-state index contributed by atoms with van der Waals surface area (Å²) >= 11 is 1.16. The zero-order valence-corrected chi connectivity index (χ0v) is 18.9. The molecular weight excluding hydrogens is 715 g/mol. The topological polar surface area (TPSA) is 0 Å². The molecule has 0 atom stereocenters. The van der Waals surface area contributed by atoms with Crippen LogP contribution in [0.25, 0.3) is 11.1 Å². The number of halogens is 3. The van der Waals surface area contributed by atoms with Gasteiger partial charge in [0, 0.05) is 0 Å². The van der Waals surface area contributed by atoms with Gasteiger partial charge in [-0.05, 0) is 0 Å². The van der Waals surface area contributed by atoms with E-state index in [4.69, 9.17) is 0 Å². The van der Waals surface area contributed by atoms with Crippen LogP contribution in [0.15, 0.2) is 42.5 Å². The Hall–Kier alpha value is 1.50. The van der Waals surface area contributed by atoms with E-state index in [0.717, 1.165) is 30.8 Å². The van der Waals surface area contributed by atoms with Crippen LogP contribution in [-0.4, -0.2) is 0 Å². The zero-order valence-electron chi connectivity index (χ0n) is 8.88. The number of hydrogen-bond acceptors (Lipinski definition) is 0. The minimum absolute atomic E-state index is 0. The number of benzene rings is 2. The quantitative estimate of drug-likeness (QED) is 0.160. The van der Waals surface area contributed by atoms with Gasteiger partial charge in [-0.1, -0.05) is 0 Å². The molecule has 0 saturated heterocycles. The number of hydrogen-bond donors (Lipinski definition) is 0. The van der Waals surface area contributed by atoms with Crippen molar-refractivity contribution >= 4 is 3.32 Å². The molecule has 0 fully saturated rings. The van der Waals surface area contributed by atoms with Crippen molar-refractivity contribution in [2.75, 3.05) is 0 Å². The van der Waals surface area contributed by atoms with E-state index in [2.05, 4.69) is 42.5 Å². The maximum absolute atomic E-state index is 2.26. The molecule has 0 radical (unpaired) electrons. The maximum Gasteiger partial charge on any atom is -1.00 e. The van der Waals surface area contributed by atoms with Crippen LogP contribution in [0.3, 0.4) is 0 Å². The Morgan fingerprint density at radius 3 is 2.18 bits per heavy atom. The molecule has 2 aromatic rings. The summed E-state index contributed by atoms with van der Waals surface area (Å²) in [7, 11) is 0. The van der Waals surface area contributed by atoms with Crippen LogP contribution in [0.5, 0.6) is 0 Å². The van der Waals surface area contributed by atoms with Gasteiger partial charge in [-0.2, -0.15) is 0 Å². The van der Waals surface area contributed by atoms with Gasteiger partial charge >= 0.3 is 98.8 Å². The van der Waals surface area contributed by atoms with Crippen LogP contribution in [0.2, 0.25) is 0 Å². The minimum atomic E-state index is 0. The third kappa shape index (κ3) is 3.53. The first-order valence-electron chi connectivity index (χ1n) is 4.78. The summed E-state index contributed by atoms with van der Waals surface area (Å²) in [6.07, 6.45) is 1.14. The summed E-state index contributed by atoms with van der Waals surface area (Å²) in [5.74, 6) is 0. The fourth-order valence-corrected chi connectivity index (χ4v) is 3.30. The SMILES string of the molecule is [Hf+3][c]1cccc2c1Cc1ccccc1-2.[I-].[I-].[I-]. The fourth-order valence-electron chi connectivity index (χ4n) is 2.16. The van der Waals surface area contributed by atoms with Gasteiger partial charge in [0.25, 0.3) is 0 Å². The second-order valence-electron chi connectivity index (χ2n) is 3.67. The molecule has 3 rings (SSSR count). The van der Waals surface area contributed by atoms with E-state index in [-0.39, 0.29) is 71.9 Å². The van der Waals surface area contributed by atoms with Gasteiger partial charge < -0.3 is 71.9 Å². The van der Waals surface area contributed by atoms with Crippen molar-refractivity contribution < 1.29 is 96.3 Å². The molecule has 0 N–H and O–H groups in total. The zero-order chi connectivity index (χ0) is 9.54. The average molecular weight is 724 g/mol. The molecule has 0 amide bonds. The van der Waals surface area contributed by atoms with Gasteiger partial charge in [-0.25, -0.2) is 0 Å². The largest absolute Gasteiger partial charge is 1.00 e. The molecule has 17 heavy (non-hydrogen) atoms. The Balaban J connectivity index is 0.000000853. The summed E-state index contributed by atoms with van der Waals surface area (Å²) < 4.78 is 1.55. The Bertz CT molecular complexity index is 512. The monoisotopic (exact) mass is 726 g/mol. The van der Waals surface area contributed by atoms with E-state index in [1.54, 1.807) is 8.88 Å². The minimum Gasteiger partial charge on any atom is -1.00 e. The molecule has 0 aliphatic heterocycles. The van der Waals surface area contributed by atoms with Crippen LogP contribution in [0.4, 0.5) is 0 Å². The molecular formula is C13H9HfI3. The summed E-state index contributed by atoms with van der Waals surface area (Å²) in [5.41, 5.74) is 5.97. The predicted octanol–water partition coefficient (Wildman–Crippen LogP) is -6.56. The molecule has 0 nitrogen and oxygen atoms in total. The van der Waals surface area contributed by atoms with Gasteiger partial charge in [0.05, 0.1) is 0 Å². The van der Waals surface area contributed by atoms with Crippen molar-refractivity contribution in [3.05, 3.63) is 53.6 Å². The Morgan fingerprint density at radius 2 is 1.41 bits per heavy atom. The molecule has 0 heterocycles. The van der Waals surface area contributed by atoms with Crippen LogP contribution < -0.4 is 75.2 Å². The van der Waals surface area contributed by atoms with Crippen LogP contribution in [0.1, 0.15) is 11.1 Å². The molecule has 1 aliphatic carbocycles.